The van der Waals surface area contributed by atoms with Crippen molar-refractivity contribution in [3.63, 3.8) is 0 Å². The van der Waals surface area contributed by atoms with E-state index in [-0.39, 0.29) is 0 Å². The summed E-state index contributed by atoms with van der Waals surface area (Å²) in [5.41, 5.74) is 2.40. The largest absolute Gasteiger partial charge is 0.368 e. The summed E-state index contributed by atoms with van der Waals surface area (Å²) in [4.78, 5) is 19.3. The molecule has 4 nitrogen and oxygen atoms in total. The lowest BCUT2D eigenvalue weighted by Gasteiger charge is -2.26. The highest BCUT2D eigenvalue weighted by molar-refractivity contribution is 6.33. The van der Waals surface area contributed by atoms with E-state index in [2.05, 4.69) is 9.88 Å². The molecule has 3 rings (SSSR count). The SMILES string of the molecule is O=CN1CCCN(c2c(Cl)cncc2CC2CC2)CC1. The second-order valence-electron chi connectivity index (χ2n) is 5.76. The first-order chi connectivity index (χ1) is 9.78. The molecule has 1 saturated heterocycles. The molecule has 5 heteroatoms. The van der Waals surface area contributed by atoms with E-state index in [4.69, 9.17) is 11.6 Å². The zero-order valence-electron chi connectivity index (χ0n) is 11.6. The van der Waals surface area contributed by atoms with Crippen LogP contribution in [0.3, 0.4) is 0 Å². The maximum Gasteiger partial charge on any atom is 0.209 e. The second kappa shape index (κ2) is 6.00. The Morgan fingerprint density at radius 3 is 2.85 bits per heavy atom. The summed E-state index contributed by atoms with van der Waals surface area (Å²) in [7, 11) is 0. The van der Waals surface area contributed by atoms with Crippen LogP contribution in [0.4, 0.5) is 5.69 Å². The van der Waals surface area contributed by atoms with Gasteiger partial charge in [-0.15, -0.1) is 0 Å². The molecular formula is C15H20ClN3O. The number of amides is 1. The van der Waals surface area contributed by atoms with Crippen LogP contribution >= 0.6 is 11.6 Å². The minimum atomic E-state index is 0.739. The predicted octanol–water partition coefficient (Wildman–Crippen LogP) is 2.36. The van der Waals surface area contributed by atoms with E-state index < -0.39 is 0 Å². The molecule has 1 saturated carbocycles. The van der Waals surface area contributed by atoms with Gasteiger partial charge in [-0.1, -0.05) is 11.6 Å². The number of nitrogens with zero attached hydrogens (tertiary/aromatic N) is 3. The Labute approximate surface area is 124 Å². The summed E-state index contributed by atoms with van der Waals surface area (Å²) in [5.74, 6) is 0.812. The molecule has 0 bridgehead atoms. The van der Waals surface area contributed by atoms with Crippen LogP contribution in [0.15, 0.2) is 12.4 Å². The number of carbonyl (C=O) groups excluding carboxylic acids is 1. The highest BCUT2D eigenvalue weighted by atomic mass is 35.5. The Hall–Kier alpha value is -1.29. The molecule has 1 aliphatic carbocycles. The maximum atomic E-state index is 10.9. The van der Waals surface area contributed by atoms with Crippen molar-refractivity contribution < 1.29 is 4.79 Å². The van der Waals surface area contributed by atoms with E-state index in [0.717, 1.165) is 62.1 Å². The third-order valence-electron chi connectivity index (χ3n) is 4.15. The molecule has 20 heavy (non-hydrogen) atoms. The molecule has 2 fully saturated rings. The Morgan fingerprint density at radius 1 is 1.25 bits per heavy atom. The van der Waals surface area contributed by atoms with Crippen LogP contribution < -0.4 is 4.90 Å². The fraction of sp³-hybridized carbons (Fsp3) is 0.600. The van der Waals surface area contributed by atoms with Crippen molar-refractivity contribution in [1.29, 1.82) is 0 Å². The van der Waals surface area contributed by atoms with Gasteiger partial charge in [-0.25, -0.2) is 0 Å². The molecule has 0 unspecified atom stereocenters. The van der Waals surface area contributed by atoms with Gasteiger partial charge in [0, 0.05) is 38.6 Å². The molecule has 0 spiro atoms. The smallest absolute Gasteiger partial charge is 0.209 e. The van der Waals surface area contributed by atoms with Crippen molar-refractivity contribution in [2.75, 3.05) is 31.1 Å². The summed E-state index contributed by atoms with van der Waals surface area (Å²) >= 11 is 6.40. The Balaban J connectivity index is 1.82. The van der Waals surface area contributed by atoms with Crippen molar-refractivity contribution in [2.45, 2.75) is 25.7 Å². The van der Waals surface area contributed by atoms with E-state index in [1.165, 1.54) is 18.4 Å². The number of carbonyl (C=O) groups is 1. The third kappa shape index (κ3) is 3.06. The van der Waals surface area contributed by atoms with Crippen molar-refractivity contribution in [3.05, 3.63) is 23.0 Å². The lowest BCUT2D eigenvalue weighted by Crippen LogP contribution is -2.30. The maximum absolute atomic E-state index is 10.9. The van der Waals surface area contributed by atoms with Gasteiger partial charge in [-0.2, -0.15) is 0 Å². The predicted molar refractivity (Wildman–Crippen MR) is 80.1 cm³/mol. The number of halogens is 1. The quantitative estimate of drug-likeness (QED) is 0.800. The van der Waals surface area contributed by atoms with Crippen LogP contribution in [-0.4, -0.2) is 42.5 Å². The number of rotatable bonds is 4. The van der Waals surface area contributed by atoms with Crippen molar-refractivity contribution in [3.8, 4) is 0 Å². The van der Waals surface area contributed by atoms with Gasteiger partial charge in [0.05, 0.1) is 10.7 Å². The molecule has 1 aromatic rings. The van der Waals surface area contributed by atoms with E-state index in [1.54, 1.807) is 6.20 Å². The monoisotopic (exact) mass is 293 g/mol. The zero-order chi connectivity index (χ0) is 13.9. The minimum absolute atomic E-state index is 0.739. The molecule has 2 heterocycles. The zero-order valence-corrected chi connectivity index (χ0v) is 12.4. The Morgan fingerprint density at radius 2 is 2.10 bits per heavy atom. The molecule has 0 aromatic carbocycles. The molecule has 108 valence electrons. The summed E-state index contributed by atoms with van der Waals surface area (Å²) in [5, 5.41) is 0.739. The molecule has 0 atom stereocenters. The first-order valence-corrected chi connectivity index (χ1v) is 7.72. The van der Waals surface area contributed by atoms with Crippen LogP contribution in [0.2, 0.25) is 5.02 Å². The van der Waals surface area contributed by atoms with Gasteiger partial charge in [-0.3, -0.25) is 9.78 Å². The fourth-order valence-electron chi connectivity index (χ4n) is 2.87. The summed E-state index contributed by atoms with van der Waals surface area (Å²) < 4.78 is 0. The average Bonchev–Trinajstić information content (AvgIpc) is 3.26. The highest BCUT2D eigenvalue weighted by Gasteiger charge is 2.25. The average molecular weight is 294 g/mol. The number of hydrogen-bond donors (Lipinski definition) is 0. The molecular weight excluding hydrogens is 274 g/mol. The van der Waals surface area contributed by atoms with Gasteiger partial charge in [0.2, 0.25) is 6.41 Å². The fourth-order valence-corrected chi connectivity index (χ4v) is 3.17. The molecule has 2 aliphatic rings. The van der Waals surface area contributed by atoms with Crippen molar-refractivity contribution in [1.82, 2.24) is 9.88 Å². The minimum Gasteiger partial charge on any atom is -0.368 e. The Kier molecular flexibility index (Phi) is 4.10. The van der Waals surface area contributed by atoms with Crippen LogP contribution in [0.25, 0.3) is 0 Å². The first-order valence-electron chi connectivity index (χ1n) is 7.34. The lowest BCUT2D eigenvalue weighted by atomic mass is 10.1. The van der Waals surface area contributed by atoms with Crippen LogP contribution in [0.5, 0.6) is 0 Å². The summed E-state index contributed by atoms with van der Waals surface area (Å²) in [6.45, 7) is 3.40. The molecule has 1 aromatic heterocycles. The van der Waals surface area contributed by atoms with Crippen LogP contribution in [0.1, 0.15) is 24.8 Å². The molecule has 0 radical (unpaired) electrons. The van der Waals surface area contributed by atoms with E-state index in [9.17, 15) is 4.79 Å². The van der Waals surface area contributed by atoms with E-state index in [0.29, 0.717) is 0 Å². The third-order valence-corrected chi connectivity index (χ3v) is 4.43. The number of pyridine rings is 1. The van der Waals surface area contributed by atoms with Gasteiger partial charge < -0.3 is 9.80 Å². The normalized spacial score (nSPS) is 19.9. The number of hydrogen-bond acceptors (Lipinski definition) is 3. The van der Waals surface area contributed by atoms with Gasteiger partial charge in [-0.05, 0) is 37.2 Å². The van der Waals surface area contributed by atoms with Crippen LogP contribution in [-0.2, 0) is 11.2 Å². The molecule has 1 aliphatic heterocycles. The van der Waals surface area contributed by atoms with E-state index >= 15 is 0 Å². The standard InChI is InChI=1S/C15H20ClN3O/c16-14-10-17-9-13(8-12-2-3-12)15(14)19-5-1-4-18(11-20)6-7-19/h9-12H,1-8H2. The second-order valence-corrected chi connectivity index (χ2v) is 6.17. The van der Waals surface area contributed by atoms with Gasteiger partial charge in [0.15, 0.2) is 0 Å². The van der Waals surface area contributed by atoms with Gasteiger partial charge in [0.1, 0.15) is 0 Å². The summed E-state index contributed by atoms with van der Waals surface area (Å²) in [6.07, 6.45) is 9.35. The molecule has 0 N–H and O–H groups in total. The first kappa shape index (κ1) is 13.7. The topological polar surface area (TPSA) is 36.4 Å². The Bertz CT molecular complexity index is 490. The highest BCUT2D eigenvalue weighted by Crippen LogP contribution is 2.37. The number of anilines is 1. The molecule has 1 amide bonds. The van der Waals surface area contributed by atoms with Crippen LogP contribution in [0, 0.1) is 5.92 Å². The van der Waals surface area contributed by atoms with Gasteiger partial charge >= 0.3 is 0 Å². The lowest BCUT2D eigenvalue weighted by molar-refractivity contribution is -0.117. The van der Waals surface area contributed by atoms with Crippen molar-refractivity contribution >= 4 is 23.7 Å². The van der Waals surface area contributed by atoms with Gasteiger partial charge in [0.25, 0.3) is 0 Å². The van der Waals surface area contributed by atoms with Crippen molar-refractivity contribution in [2.24, 2.45) is 5.92 Å². The number of aromatic nitrogens is 1. The van der Waals surface area contributed by atoms with E-state index in [1.807, 2.05) is 11.1 Å². The summed E-state index contributed by atoms with van der Waals surface area (Å²) in [6, 6.07) is 0.